The molecule has 2 atom stereocenters. The van der Waals surface area contributed by atoms with E-state index in [2.05, 4.69) is 0 Å². The minimum atomic E-state index is -2.04. The third kappa shape index (κ3) is 2.71. The van der Waals surface area contributed by atoms with E-state index in [0.29, 0.717) is 34.0 Å². The first kappa shape index (κ1) is 25.1. The monoisotopic (exact) mass is 518 g/mol. The van der Waals surface area contributed by atoms with Gasteiger partial charge in [-0.25, -0.2) is 9.59 Å². The van der Waals surface area contributed by atoms with Gasteiger partial charge >= 0.3 is 11.9 Å². The molecule has 5 rings (SSSR count). The van der Waals surface area contributed by atoms with E-state index in [4.69, 9.17) is 18.9 Å². The number of carbonyl (C=O) groups excluding carboxylic acids is 4. The van der Waals surface area contributed by atoms with Crippen LogP contribution in [-0.4, -0.2) is 66.3 Å². The Labute approximate surface area is 219 Å². The smallest absolute Gasteiger partial charge is 0.335 e. The first-order chi connectivity index (χ1) is 18.2. The molecule has 0 bridgehead atoms. The van der Waals surface area contributed by atoms with Gasteiger partial charge in [-0.05, 0) is 48.6 Å². The zero-order chi connectivity index (χ0) is 27.6. The maximum absolute atomic E-state index is 14.7. The van der Waals surface area contributed by atoms with E-state index in [1.807, 2.05) is 0 Å². The zero-order valence-corrected chi connectivity index (χ0v) is 21.8. The van der Waals surface area contributed by atoms with E-state index < -0.39 is 34.6 Å². The van der Waals surface area contributed by atoms with Crippen molar-refractivity contribution in [2.75, 3.05) is 52.3 Å². The molecule has 0 saturated heterocycles. The van der Waals surface area contributed by atoms with Gasteiger partial charge in [-0.15, -0.1) is 0 Å². The van der Waals surface area contributed by atoms with Crippen LogP contribution in [0.2, 0.25) is 0 Å². The molecule has 0 saturated carbocycles. The quantitative estimate of drug-likeness (QED) is 0.566. The molecule has 2 amide bonds. The standard InChI is InChI=1S/C28H26N2O8/c1-29-21-11-7-15(35-3)13-19(21)27(25(29)33)17(23(31)37-5)9-10-18(24(32)38-6)28(27)20-14-16(36-4)8-12-22(20)30(2)26(28)34/h7-14H,1-6H3/t27-,28-/m0/s1. The molecule has 2 aromatic rings. The molecule has 38 heavy (non-hydrogen) atoms. The summed E-state index contributed by atoms with van der Waals surface area (Å²) in [4.78, 5) is 59.0. The fourth-order valence-electron chi connectivity index (χ4n) is 6.15. The Morgan fingerprint density at radius 3 is 1.34 bits per heavy atom. The molecule has 2 aromatic carbocycles. The number of likely N-dealkylation sites (N-methyl/N-ethyl adjacent to an activating group) is 2. The van der Waals surface area contributed by atoms with Crippen LogP contribution in [0.5, 0.6) is 11.5 Å². The average Bonchev–Trinajstić information content (AvgIpc) is 3.30. The Morgan fingerprint density at radius 1 is 0.658 bits per heavy atom. The van der Waals surface area contributed by atoms with Gasteiger partial charge in [0.15, 0.2) is 0 Å². The lowest BCUT2D eigenvalue weighted by Crippen LogP contribution is -2.64. The largest absolute Gasteiger partial charge is 0.497 e. The van der Waals surface area contributed by atoms with Crippen molar-refractivity contribution in [3.63, 3.8) is 0 Å². The maximum atomic E-state index is 14.7. The number of methoxy groups -OCH3 is 4. The van der Waals surface area contributed by atoms with Crippen molar-refractivity contribution >= 4 is 35.1 Å². The molecule has 3 aliphatic rings. The van der Waals surface area contributed by atoms with Gasteiger partial charge in [0.2, 0.25) is 11.8 Å². The molecule has 0 aromatic heterocycles. The van der Waals surface area contributed by atoms with Gasteiger partial charge in [0, 0.05) is 36.6 Å². The SMILES string of the molecule is COC(=O)C1=CC=C(C(=O)OC)[C@]2(C(=O)N(C)c3ccc(OC)cc32)[C@@]12C(=O)N(C)c1ccc(OC)cc12. The van der Waals surface area contributed by atoms with Crippen LogP contribution in [0.4, 0.5) is 11.4 Å². The van der Waals surface area contributed by atoms with Gasteiger partial charge < -0.3 is 28.7 Å². The number of ether oxygens (including phenoxy) is 4. The lowest BCUT2D eigenvalue weighted by Gasteiger charge is -2.47. The Morgan fingerprint density at radius 2 is 1.03 bits per heavy atom. The molecule has 0 fully saturated rings. The number of nitrogens with zero attached hydrogens (tertiary/aromatic N) is 2. The molecule has 2 aliphatic heterocycles. The predicted octanol–water partition coefficient (Wildman–Crippen LogP) is 2.04. The molecule has 1 aliphatic carbocycles. The molecule has 0 unspecified atom stereocenters. The van der Waals surface area contributed by atoms with Gasteiger partial charge in [0.05, 0.1) is 39.6 Å². The second kappa shape index (κ2) is 8.47. The fraction of sp³-hybridized carbons (Fsp3) is 0.286. The highest BCUT2D eigenvalue weighted by Gasteiger charge is 2.76. The molecular formula is C28H26N2O8. The molecule has 10 nitrogen and oxygen atoms in total. The summed E-state index contributed by atoms with van der Waals surface area (Å²) in [7, 11) is 8.43. The van der Waals surface area contributed by atoms with Crippen molar-refractivity contribution in [3.8, 4) is 11.5 Å². The molecule has 2 heterocycles. The normalized spacial score (nSPS) is 23.2. The van der Waals surface area contributed by atoms with E-state index in [-0.39, 0.29) is 11.1 Å². The summed E-state index contributed by atoms with van der Waals surface area (Å²) in [5.74, 6) is -2.05. The summed E-state index contributed by atoms with van der Waals surface area (Å²) in [5.41, 5.74) is -2.77. The van der Waals surface area contributed by atoms with E-state index >= 15 is 0 Å². The third-order valence-corrected chi connectivity index (χ3v) is 7.79. The van der Waals surface area contributed by atoms with E-state index in [1.54, 1.807) is 50.5 Å². The molecule has 196 valence electrons. The highest BCUT2D eigenvalue weighted by Crippen LogP contribution is 2.65. The Balaban J connectivity index is 2.06. The molecule has 2 spiro atoms. The summed E-state index contributed by atoms with van der Waals surface area (Å²) < 4.78 is 21.3. The summed E-state index contributed by atoms with van der Waals surface area (Å²) in [6.07, 6.45) is 2.71. The van der Waals surface area contributed by atoms with Crippen LogP contribution in [0, 0.1) is 0 Å². The van der Waals surface area contributed by atoms with E-state index in [9.17, 15) is 19.2 Å². The number of hydrogen-bond acceptors (Lipinski definition) is 8. The topological polar surface area (TPSA) is 112 Å². The lowest BCUT2D eigenvalue weighted by molar-refractivity contribution is -0.144. The van der Waals surface area contributed by atoms with Crippen molar-refractivity contribution in [2.24, 2.45) is 0 Å². The number of carbonyl (C=O) groups is 4. The summed E-state index contributed by atoms with van der Waals surface area (Å²) in [6, 6.07) is 9.93. The van der Waals surface area contributed by atoms with Crippen LogP contribution in [0.25, 0.3) is 0 Å². The summed E-state index contributed by atoms with van der Waals surface area (Å²) >= 11 is 0. The van der Waals surface area contributed by atoms with Crippen molar-refractivity contribution in [2.45, 2.75) is 10.8 Å². The number of amides is 2. The first-order valence-corrected chi connectivity index (χ1v) is 11.7. The molecule has 0 radical (unpaired) electrons. The van der Waals surface area contributed by atoms with Gasteiger partial charge in [0.1, 0.15) is 22.3 Å². The highest BCUT2D eigenvalue weighted by molar-refractivity contribution is 6.27. The van der Waals surface area contributed by atoms with Crippen LogP contribution < -0.4 is 19.3 Å². The minimum Gasteiger partial charge on any atom is -0.497 e. The predicted molar refractivity (Wildman–Crippen MR) is 136 cm³/mol. The van der Waals surface area contributed by atoms with Crippen LogP contribution in [0.1, 0.15) is 11.1 Å². The number of hydrogen-bond donors (Lipinski definition) is 0. The Kier molecular flexibility index (Phi) is 5.59. The second-order valence-electron chi connectivity index (χ2n) is 9.14. The minimum absolute atomic E-state index is 0.103. The van der Waals surface area contributed by atoms with Crippen molar-refractivity contribution < 1.29 is 38.1 Å². The Bertz CT molecular complexity index is 1380. The van der Waals surface area contributed by atoms with Crippen LogP contribution in [0.3, 0.4) is 0 Å². The molecule has 0 N–H and O–H groups in total. The number of fused-ring (bicyclic) bond motifs is 5. The molecule has 10 heteroatoms. The van der Waals surface area contributed by atoms with Gasteiger partial charge in [0.25, 0.3) is 0 Å². The van der Waals surface area contributed by atoms with Crippen LogP contribution in [0.15, 0.2) is 59.7 Å². The van der Waals surface area contributed by atoms with E-state index in [0.717, 1.165) is 0 Å². The zero-order valence-electron chi connectivity index (χ0n) is 21.8. The van der Waals surface area contributed by atoms with E-state index in [1.165, 1.54) is 50.4 Å². The van der Waals surface area contributed by atoms with Crippen molar-refractivity contribution in [1.82, 2.24) is 0 Å². The third-order valence-electron chi connectivity index (χ3n) is 7.79. The fourth-order valence-corrected chi connectivity index (χ4v) is 6.15. The number of benzene rings is 2. The van der Waals surface area contributed by atoms with Crippen LogP contribution in [-0.2, 0) is 39.5 Å². The maximum Gasteiger partial charge on any atom is 0.335 e. The van der Waals surface area contributed by atoms with Gasteiger partial charge in [-0.3, -0.25) is 9.59 Å². The summed E-state index contributed by atoms with van der Waals surface area (Å²) in [5, 5.41) is 0. The summed E-state index contributed by atoms with van der Waals surface area (Å²) in [6.45, 7) is 0. The average molecular weight is 519 g/mol. The first-order valence-electron chi connectivity index (χ1n) is 11.7. The number of esters is 2. The number of rotatable bonds is 4. The second-order valence-corrected chi connectivity index (χ2v) is 9.14. The lowest BCUT2D eigenvalue weighted by atomic mass is 9.49. The number of allylic oxidation sites excluding steroid dienone is 2. The van der Waals surface area contributed by atoms with Gasteiger partial charge in [-0.2, -0.15) is 0 Å². The highest BCUT2D eigenvalue weighted by atomic mass is 16.5. The Hall–Kier alpha value is -4.60. The van der Waals surface area contributed by atoms with Gasteiger partial charge in [-0.1, -0.05) is 0 Å². The van der Waals surface area contributed by atoms with Crippen molar-refractivity contribution in [3.05, 3.63) is 70.8 Å². The molecular weight excluding hydrogens is 492 g/mol. The number of anilines is 2. The van der Waals surface area contributed by atoms with Crippen molar-refractivity contribution in [1.29, 1.82) is 0 Å². The van der Waals surface area contributed by atoms with Crippen LogP contribution >= 0.6 is 0 Å².